The molecular weight excluding hydrogens is 394 g/mol. The summed E-state index contributed by atoms with van der Waals surface area (Å²) in [5.74, 6) is -1.60. The number of rotatable bonds is 5. The first-order valence-corrected chi connectivity index (χ1v) is 10.2. The van der Waals surface area contributed by atoms with Gasteiger partial charge in [0.25, 0.3) is 0 Å². The molecule has 0 saturated heterocycles. The highest BCUT2D eigenvalue weighted by Crippen LogP contribution is 2.34. The Labute approximate surface area is 180 Å². The second kappa shape index (κ2) is 9.02. The van der Waals surface area contributed by atoms with Gasteiger partial charge in [-0.2, -0.15) is 0 Å². The van der Waals surface area contributed by atoms with Gasteiger partial charge in [-0.15, -0.1) is 0 Å². The van der Waals surface area contributed by atoms with Gasteiger partial charge in [-0.3, -0.25) is 14.6 Å². The van der Waals surface area contributed by atoms with Crippen LogP contribution in [0.5, 0.6) is 0 Å². The summed E-state index contributed by atoms with van der Waals surface area (Å²) in [5, 5.41) is 0.633. The average Bonchev–Trinajstić information content (AvgIpc) is 2.79. The smallest absolute Gasteiger partial charge is 0.167 e. The summed E-state index contributed by atoms with van der Waals surface area (Å²) in [4.78, 5) is 30.7. The molecule has 0 radical (unpaired) electrons. The molecule has 1 heterocycles. The third kappa shape index (κ3) is 4.32. The van der Waals surface area contributed by atoms with Gasteiger partial charge in [-0.05, 0) is 34.9 Å². The van der Waals surface area contributed by atoms with Crippen molar-refractivity contribution >= 4 is 35.0 Å². The predicted molar refractivity (Wildman–Crippen MR) is 121 cm³/mol. The Morgan fingerprint density at radius 3 is 2.20 bits per heavy atom. The molecule has 0 N–H and O–H groups in total. The number of hydrogen-bond acceptors (Lipinski definition) is 3. The summed E-state index contributed by atoms with van der Waals surface area (Å²) in [6, 6.07) is 26.6. The SMILES string of the molecule is O=C(C=Cc1ccc(Cl)cc1)C1C(=O)CN=C(c2ccccc2)C1c1ccccc1. The van der Waals surface area contributed by atoms with E-state index in [1.165, 1.54) is 6.08 Å². The zero-order chi connectivity index (χ0) is 20.9. The quantitative estimate of drug-likeness (QED) is 0.415. The van der Waals surface area contributed by atoms with Crippen LogP contribution in [0.4, 0.5) is 0 Å². The minimum absolute atomic E-state index is 0.0127. The zero-order valence-corrected chi connectivity index (χ0v) is 17.0. The number of allylic oxidation sites excluding steroid dienone is 1. The van der Waals surface area contributed by atoms with Gasteiger partial charge in [0, 0.05) is 10.9 Å². The van der Waals surface area contributed by atoms with Crippen LogP contribution in [0.15, 0.2) is 96.0 Å². The molecule has 0 aromatic heterocycles. The first kappa shape index (κ1) is 20.0. The maximum Gasteiger partial charge on any atom is 0.167 e. The first-order valence-electron chi connectivity index (χ1n) is 9.78. The van der Waals surface area contributed by atoms with E-state index in [-0.39, 0.29) is 18.1 Å². The van der Waals surface area contributed by atoms with E-state index in [9.17, 15) is 9.59 Å². The van der Waals surface area contributed by atoms with Crippen molar-refractivity contribution in [2.24, 2.45) is 10.9 Å². The fourth-order valence-corrected chi connectivity index (χ4v) is 3.90. The molecule has 4 heteroatoms. The van der Waals surface area contributed by atoms with E-state index >= 15 is 0 Å². The number of Topliss-reactive ketones (excluding diaryl/α,β-unsaturated/α-hetero) is 1. The summed E-state index contributed by atoms with van der Waals surface area (Å²) >= 11 is 5.93. The summed E-state index contributed by atoms with van der Waals surface area (Å²) < 4.78 is 0. The maximum atomic E-state index is 13.2. The number of halogens is 1. The van der Waals surface area contributed by atoms with E-state index in [0.717, 1.165) is 22.4 Å². The average molecular weight is 414 g/mol. The van der Waals surface area contributed by atoms with Gasteiger partial charge in [0.1, 0.15) is 0 Å². The van der Waals surface area contributed by atoms with Crippen LogP contribution in [0, 0.1) is 5.92 Å². The van der Waals surface area contributed by atoms with Crippen molar-refractivity contribution < 1.29 is 9.59 Å². The third-order valence-corrected chi connectivity index (χ3v) is 5.48. The van der Waals surface area contributed by atoms with E-state index in [1.54, 1.807) is 18.2 Å². The normalized spacial score (nSPS) is 19.0. The molecule has 0 saturated carbocycles. The second-order valence-electron chi connectivity index (χ2n) is 7.19. The number of hydrogen-bond donors (Lipinski definition) is 0. The van der Waals surface area contributed by atoms with E-state index in [4.69, 9.17) is 11.6 Å². The highest BCUT2D eigenvalue weighted by Gasteiger charge is 2.40. The highest BCUT2D eigenvalue weighted by molar-refractivity contribution is 6.30. The van der Waals surface area contributed by atoms with Crippen molar-refractivity contribution in [1.29, 1.82) is 0 Å². The van der Waals surface area contributed by atoms with Gasteiger partial charge in [0.2, 0.25) is 0 Å². The Hall–Kier alpha value is -3.30. The van der Waals surface area contributed by atoms with Crippen LogP contribution in [0.2, 0.25) is 5.02 Å². The van der Waals surface area contributed by atoms with Crippen LogP contribution in [-0.4, -0.2) is 23.8 Å². The second-order valence-corrected chi connectivity index (χ2v) is 7.62. The molecule has 0 spiro atoms. The van der Waals surface area contributed by atoms with Crippen LogP contribution in [0.1, 0.15) is 22.6 Å². The van der Waals surface area contributed by atoms with E-state index in [2.05, 4.69) is 4.99 Å². The minimum atomic E-state index is -0.802. The fourth-order valence-electron chi connectivity index (χ4n) is 3.77. The zero-order valence-electron chi connectivity index (χ0n) is 16.2. The Kier molecular flexibility index (Phi) is 6.01. The molecule has 2 unspecified atom stereocenters. The van der Waals surface area contributed by atoms with Gasteiger partial charge in [0.15, 0.2) is 11.6 Å². The molecule has 0 aliphatic carbocycles. The molecule has 3 aromatic rings. The van der Waals surface area contributed by atoms with Crippen LogP contribution in [0.25, 0.3) is 6.08 Å². The Bertz CT molecular complexity index is 1100. The van der Waals surface area contributed by atoms with Crippen LogP contribution < -0.4 is 0 Å². The van der Waals surface area contributed by atoms with Crippen LogP contribution >= 0.6 is 11.6 Å². The lowest BCUT2D eigenvalue weighted by Gasteiger charge is -2.30. The molecule has 148 valence electrons. The number of nitrogens with zero attached hydrogens (tertiary/aromatic N) is 1. The van der Waals surface area contributed by atoms with Gasteiger partial charge < -0.3 is 0 Å². The van der Waals surface area contributed by atoms with E-state index < -0.39 is 11.8 Å². The lowest BCUT2D eigenvalue weighted by Crippen LogP contribution is -2.39. The van der Waals surface area contributed by atoms with E-state index in [1.807, 2.05) is 72.8 Å². The number of ketones is 2. The largest absolute Gasteiger partial charge is 0.297 e. The Balaban J connectivity index is 1.72. The molecule has 3 nitrogen and oxygen atoms in total. The van der Waals surface area contributed by atoms with Gasteiger partial charge in [-0.1, -0.05) is 90.5 Å². The summed E-state index contributed by atoms with van der Waals surface area (Å²) in [6.07, 6.45) is 3.22. The number of carbonyl (C=O) groups excluding carboxylic acids is 2. The molecule has 0 amide bonds. The number of carbonyl (C=O) groups is 2. The summed E-state index contributed by atoms with van der Waals surface area (Å²) in [6.45, 7) is 0.0127. The molecule has 1 aliphatic rings. The Morgan fingerprint density at radius 1 is 0.900 bits per heavy atom. The standard InChI is InChI=1S/C26H20ClNO2/c27-21-14-11-18(12-15-21)13-16-22(29)25-23(30)17-28-26(20-9-5-2-6-10-20)24(25)19-7-3-1-4-8-19/h1-16,24-25H,17H2. The van der Waals surface area contributed by atoms with Crippen molar-refractivity contribution in [2.75, 3.05) is 6.54 Å². The van der Waals surface area contributed by atoms with Gasteiger partial charge >= 0.3 is 0 Å². The van der Waals surface area contributed by atoms with E-state index in [0.29, 0.717) is 5.02 Å². The lowest BCUT2D eigenvalue weighted by molar-refractivity contribution is -0.130. The van der Waals surface area contributed by atoms with Crippen LogP contribution in [-0.2, 0) is 9.59 Å². The van der Waals surface area contributed by atoms with Crippen molar-refractivity contribution in [1.82, 2.24) is 0 Å². The predicted octanol–water partition coefficient (Wildman–Crippen LogP) is 5.39. The summed E-state index contributed by atoms with van der Waals surface area (Å²) in [5.41, 5.74) is 3.47. The van der Waals surface area contributed by atoms with Crippen LogP contribution in [0.3, 0.4) is 0 Å². The molecule has 2 atom stereocenters. The highest BCUT2D eigenvalue weighted by atomic mass is 35.5. The number of benzene rings is 3. The molecule has 3 aromatic carbocycles. The molecule has 1 aliphatic heterocycles. The summed E-state index contributed by atoms with van der Waals surface area (Å²) in [7, 11) is 0. The van der Waals surface area contributed by atoms with Crippen molar-refractivity contribution in [3.63, 3.8) is 0 Å². The molecule has 0 bridgehead atoms. The lowest BCUT2D eigenvalue weighted by atomic mass is 9.74. The number of aliphatic imine (C=N–C) groups is 1. The molecule has 0 fully saturated rings. The fraction of sp³-hybridized carbons (Fsp3) is 0.115. The molecular formula is C26H20ClNO2. The van der Waals surface area contributed by atoms with Gasteiger partial charge in [-0.25, -0.2) is 0 Å². The molecule has 4 rings (SSSR count). The maximum absolute atomic E-state index is 13.2. The third-order valence-electron chi connectivity index (χ3n) is 5.22. The monoisotopic (exact) mass is 413 g/mol. The topological polar surface area (TPSA) is 46.5 Å². The van der Waals surface area contributed by atoms with Gasteiger partial charge in [0.05, 0.1) is 18.2 Å². The van der Waals surface area contributed by atoms with Crippen molar-refractivity contribution in [3.05, 3.63) is 113 Å². The molecule has 30 heavy (non-hydrogen) atoms. The van der Waals surface area contributed by atoms with Crippen molar-refractivity contribution in [3.8, 4) is 0 Å². The minimum Gasteiger partial charge on any atom is -0.297 e. The van der Waals surface area contributed by atoms with Crippen molar-refractivity contribution in [2.45, 2.75) is 5.92 Å². The first-order chi connectivity index (χ1) is 14.6. The Morgan fingerprint density at radius 2 is 1.53 bits per heavy atom.